The summed E-state index contributed by atoms with van der Waals surface area (Å²) < 4.78 is 0. The first kappa shape index (κ1) is 14.8. The summed E-state index contributed by atoms with van der Waals surface area (Å²) in [6.45, 7) is 9.47. The standard InChI is InChI=1S/C15H24ClN3/c1-3-18-8-9-19(11-12(18)2)15(10-17)13-6-4-5-7-14(13)16/h4-7,12,15H,3,8-11,17H2,1-2H3. The summed E-state index contributed by atoms with van der Waals surface area (Å²) >= 11 is 6.32. The Morgan fingerprint density at radius 3 is 2.68 bits per heavy atom. The van der Waals surface area contributed by atoms with Gasteiger partial charge in [-0.3, -0.25) is 9.80 Å². The molecule has 0 saturated carbocycles. The van der Waals surface area contributed by atoms with Gasteiger partial charge in [-0.2, -0.15) is 0 Å². The highest BCUT2D eigenvalue weighted by atomic mass is 35.5. The van der Waals surface area contributed by atoms with Crippen LogP contribution in [0.15, 0.2) is 24.3 Å². The molecule has 1 fully saturated rings. The highest BCUT2D eigenvalue weighted by Crippen LogP contribution is 2.28. The van der Waals surface area contributed by atoms with E-state index < -0.39 is 0 Å². The third-order valence-corrected chi connectivity index (χ3v) is 4.48. The van der Waals surface area contributed by atoms with Crippen molar-refractivity contribution in [3.05, 3.63) is 34.9 Å². The molecule has 1 saturated heterocycles. The van der Waals surface area contributed by atoms with Crippen LogP contribution in [0.5, 0.6) is 0 Å². The Balaban J connectivity index is 2.13. The van der Waals surface area contributed by atoms with E-state index in [1.807, 2.05) is 18.2 Å². The molecule has 4 heteroatoms. The Morgan fingerprint density at radius 2 is 2.11 bits per heavy atom. The minimum atomic E-state index is 0.232. The SMILES string of the molecule is CCN1CCN(C(CN)c2ccccc2Cl)CC1C. The van der Waals surface area contributed by atoms with Crippen LogP contribution in [0, 0.1) is 0 Å². The van der Waals surface area contributed by atoms with E-state index in [2.05, 4.69) is 29.7 Å². The number of hydrogen-bond acceptors (Lipinski definition) is 3. The van der Waals surface area contributed by atoms with E-state index in [0.717, 1.165) is 36.8 Å². The summed E-state index contributed by atoms with van der Waals surface area (Å²) in [5.41, 5.74) is 7.16. The lowest BCUT2D eigenvalue weighted by molar-refractivity contribution is 0.0607. The fourth-order valence-corrected chi connectivity index (χ4v) is 3.26. The van der Waals surface area contributed by atoms with Crippen LogP contribution in [0.4, 0.5) is 0 Å². The largest absolute Gasteiger partial charge is 0.329 e. The van der Waals surface area contributed by atoms with Crippen molar-refractivity contribution < 1.29 is 0 Å². The van der Waals surface area contributed by atoms with Crippen molar-refractivity contribution >= 4 is 11.6 Å². The molecule has 2 atom stereocenters. The first-order valence-corrected chi connectivity index (χ1v) is 7.47. The van der Waals surface area contributed by atoms with Gasteiger partial charge in [-0.25, -0.2) is 0 Å². The van der Waals surface area contributed by atoms with Gasteiger partial charge in [0.15, 0.2) is 0 Å². The van der Waals surface area contributed by atoms with Crippen LogP contribution in [0.2, 0.25) is 5.02 Å². The molecule has 0 aliphatic carbocycles. The minimum Gasteiger partial charge on any atom is -0.329 e. The maximum absolute atomic E-state index is 6.32. The number of halogens is 1. The van der Waals surface area contributed by atoms with Gasteiger partial charge in [-0.1, -0.05) is 36.7 Å². The molecule has 0 spiro atoms. The van der Waals surface area contributed by atoms with E-state index in [4.69, 9.17) is 17.3 Å². The molecule has 0 aromatic heterocycles. The van der Waals surface area contributed by atoms with E-state index in [1.165, 1.54) is 0 Å². The summed E-state index contributed by atoms with van der Waals surface area (Å²) in [5.74, 6) is 0. The summed E-state index contributed by atoms with van der Waals surface area (Å²) in [5, 5.41) is 0.823. The van der Waals surface area contributed by atoms with Crippen molar-refractivity contribution in [2.75, 3.05) is 32.7 Å². The molecule has 2 N–H and O–H groups in total. The van der Waals surface area contributed by atoms with Gasteiger partial charge in [0.25, 0.3) is 0 Å². The van der Waals surface area contributed by atoms with Gasteiger partial charge < -0.3 is 5.73 Å². The van der Waals surface area contributed by atoms with Crippen LogP contribution in [0.3, 0.4) is 0 Å². The molecule has 19 heavy (non-hydrogen) atoms. The van der Waals surface area contributed by atoms with E-state index >= 15 is 0 Å². The monoisotopic (exact) mass is 281 g/mol. The Bertz CT molecular complexity index is 410. The molecule has 3 nitrogen and oxygen atoms in total. The molecule has 1 aliphatic rings. The normalized spacial score (nSPS) is 23.5. The molecular formula is C15H24ClN3. The molecule has 106 valence electrons. The molecule has 0 radical (unpaired) electrons. The van der Waals surface area contributed by atoms with Gasteiger partial charge >= 0.3 is 0 Å². The van der Waals surface area contributed by atoms with Crippen molar-refractivity contribution in [3.8, 4) is 0 Å². The highest BCUT2D eigenvalue weighted by molar-refractivity contribution is 6.31. The Hall–Kier alpha value is -0.610. The van der Waals surface area contributed by atoms with E-state index in [-0.39, 0.29) is 6.04 Å². The van der Waals surface area contributed by atoms with Crippen LogP contribution < -0.4 is 5.73 Å². The second-order valence-corrected chi connectivity index (χ2v) is 5.65. The number of benzene rings is 1. The third kappa shape index (κ3) is 3.29. The zero-order valence-corrected chi connectivity index (χ0v) is 12.6. The predicted octanol–water partition coefficient (Wildman–Crippen LogP) is 2.37. The molecule has 2 unspecified atom stereocenters. The highest BCUT2D eigenvalue weighted by Gasteiger charge is 2.28. The first-order valence-electron chi connectivity index (χ1n) is 7.10. The zero-order chi connectivity index (χ0) is 13.8. The number of hydrogen-bond donors (Lipinski definition) is 1. The topological polar surface area (TPSA) is 32.5 Å². The lowest BCUT2D eigenvalue weighted by Crippen LogP contribution is -2.53. The lowest BCUT2D eigenvalue weighted by atomic mass is 10.0. The minimum absolute atomic E-state index is 0.232. The molecule has 2 rings (SSSR count). The fraction of sp³-hybridized carbons (Fsp3) is 0.600. The third-order valence-electron chi connectivity index (χ3n) is 4.13. The van der Waals surface area contributed by atoms with Gasteiger partial charge in [-0.05, 0) is 25.1 Å². The van der Waals surface area contributed by atoms with E-state index in [0.29, 0.717) is 12.6 Å². The van der Waals surface area contributed by atoms with Crippen molar-refractivity contribution in [3.63, 3.8) is 0 Å². The van der Waals surface area contributed by atoms with Crippen LogP contribution in [0.1, 0.15) is 25.5 Å². The quantitative estimate of drug-likeness (QED) is 0.920. The van der Waals surface area contributed by atoms with Crippen LogP contribution in [-0.4, -0.2) is 48.6 Å². The van der Waals surface area contributed by atoms with Gasteiger partial charge in [-0.15, -0.1) is 0 Å². The fourth-order valence-electron chi connectivity index (χ4n) is 2.99. The van der Waals surface area contributed by atoms with Gasteiger partial charge in [0.05, 0.1) is 0 Å². The summed E-state index contributed by atoms with van der Waals surface area (Å²) in [4.78, 5) is 4.98. The zero-order valence-electron chi connectivity index (χ0n) is 11.8. The van der Waals surface area contributed by atoms with Gasteiger partial charge in [0.2, 0.25) is 0 Å². The molecular weight excluding hydrogens is 258 g/mol. The maximum atomic E-state index is 6.32. The molecule has 0 bridgehead atoms. The van der Waals surface area contributed by atoms with Crippen molar-refractivity contribution in [1.82, 2.24) is 9.80 Å². The summed E-state index contributed by atoms with van der Waals surface area (Å²) in [6, 6.07) is 8.86. The molecule has 1 heterocycles. The van der Waals surface area contributed by atoms with Gasteiger partial charge in [0.1, 0.15) is 0 Å². The maximum Gasteiger partial charge on any atom is 0.0486 e. The average molecular weight is 282 g/mol. The van der Waals surface area contributed by atoms with Gasteiger partial charge in [0, 0.05) is 43.3 Å². The number of piperazine rings is 1. The number of likely N-dealkylation sites (N-methyl/N-ethyl adjacent to an activating group) is 1. The Labute approximate surface area is 121 Å². The Kier molecular flexibility index (Phi) is 5.22. The second kappa shape index (κ2) is 6.71. The first-order chi connectivity index (χ1) is 9.17. The molecule has 1 aromatic carbocycles. The second-order valence-electron chi connectivity index (χ2n) is 5.25. The molecule has 1 aliphatic heterocycles. The summed E-state index contributed by atoms with van der Waals surface area (Å²) in [6.07, 6.45) is 0. The van der Waals surface area contributed by atoms with Crippen LogP contribution in [-0.2, 0) is 0 Å². The predicted molar refractivity (Wildman–Crippen MR) is 81.5 cm³/mol. The smallest absolute Gasteiger partial charge is 0.0486 e. The average Bonchev–Trinajstić information content (AvgIpc) is 2.42. The van der Waals surface area contributed by atoms with Crippen molar-refractivity contribution in [2.45, 2.75) is 25.9 Å². The molecule has 0 amide bonds. The van der Waals surface area contributed by atoms with E-state index in [9.17, 15) is 0 Å². The van der Waals surface area contributed by atoms with E-state index in [1.54, 1.807) is 0 Å². The van der Waals surface area contributed by atoms with Crippen molar-refractivity contribution in [2.24, 2.45) is 5.73 Å². The number of nitrogens with zero attached hydrogens (tertiary/aromatic N) is 2. The molecule has 1 aromatic rings. The Morgan fingerprint density at radius 1 is 1.37 bits per heavy atom. The van der Waals surface area contributed by atoms with Crippen LogP contribution in [0.25, 0.3) is 0 Å². The summed E-state index contributed by atoms with van der Waals surface area (Å²) in [7, 11) is 0. The van der Waals surface area contributed by atoms with Crippen LogP contribution >= 0.6 is 11.6 Å². The van der Waals surface area contributed by atoms with Crippen molar-refractivity contribution in [1.29, 1.82) is 0 Å². The number of rotatable bonds is 4. The number of nitrogens with two attached hydrogens (primary N) is 1. The lowest BCUT2D eigenvalue weighted by Gasteiger charge is -2.43.